The number of oxazole rings is 1. The topological polar surface area (TPSA) is 78.5 Å². The maximum Gasteiger partial charge on any atom is 0.226 e. The molecule has 1 heterocycles. The molecule has 32 heavy (non-hydrogen) atoms. The van der Waals surface area contributed by atoms with Crippen molar-refractivity contribution in [1.29, 1.82) is 0 Å². The summed E-state index contributed by atoms with van der Waals surface area (Å²) < 4.78 is 6.09. The molecule has 171 valence electrons. The van der Waals surface area contributed by atoms with Crippen LogP contribution in [0.5, 0.6) is 5.75 Å². The van der Waals surface area contributed by atoms with E-state index in [4.69, 9.17) is 9.40 Å². The molecule has 5 nitrogen and oxygen atoms in total. The number of nitrogens with zero attached hydrogens (tertiary/aromatic N) is 1. The Bertz CT molecular complexity index is 1050. The van der Waals surface area contributed by atoms with Crippen molar-refractivity contribution in [2.75, 3.05) is 5.32 Å². The van der Waals surface area contributed by atoms with Gasteiger partial charge in [-0.15, -0.1) is 0 Å². The number of rotatable bonds is 5. The summed E-state index contributed by atoms with van der Waals surface area (Å²) in [6, 6.07) is 11.8. The van der Waals surface area contributed by atoms with Gasteiger partial charge in [-0.1, -0.05) is 53.7 Å². The predicted molar refractivity (Wildman–Crippen MR) is 131 cm³/mol. The molecule has 1 atom stereocenters. The Hall–Kier alpha value is -2.79. The van der Waals surface area contributed by atoms with Crippen LogP contribution >= 0.6 is 0 Å². The summed E-state index contributed by atoms with van der Waals surface area (Å²) in [5.74, 6) is 1.62. The summed E-state index contributed by atoms with van der Waals surface area (Å²) in [6.07, 6.45) is -0.531. The van der Waals surface area contributed by atoms with Crippen LogP contribution in [0.3, 0.4) is 0 Å². The fraction of sp³-hybridized carbons (Fsp3) is 0.407. The van der Waals surface area contributed by atoms with Crippen LogP contribution in [0.1, 0.15) is 65.4 Å². The Morgan fingerprint density at radius 1 is 0.938 bits per heavy atom. The number of anilines is 1. The van der Waals surface area contributed by atoms with Crippen molar-refractivity contribution < 1.29 is 14.6 Å². The van der Waals surface area contributed by atoms with E-state index in [-0.39, 0.29) is 10.8 Å². The standard InChI is InChI=1S/C27H35N2O3/c1-16(30)15-28-20-11-9-18(10-12-20)23-17(2)32-25(29-23)19-13-21(26(3,4)5)24(31)22(14-19)27(6,7)8/h9-16,28,30-31H,1-8H3. The van der Waals surface area contributed by atoms with Gasteiger partial charge >= 0.3 is 0 Å². The van der Waals surface area contributed by atoms with Crippen LogP contribution in [0.15, 0.2) is 40.8 Å². The smallest absolute Gasteiger partial charge is 0.226 e. The van der Waals surface area contributed by atoms with Crippen LogP contribution in [-0.4, -0.2) is 21.3 Å². The number of benzene rings is 2. The molecule has 0 aliphatic carbocycles. The van der Waals surface area contributed by atoms with Crippen molar-refractivity contribution in [1.82, 2.24) is 4.98 Å². The van der Waals surface area contributed by atoms with Crippen LogP contribution in [0.4, 0.5) is 5.69 Å². The van der Waals surface area contributed by atoms with Crippen molar-refractivity contribution in [3.63, 3.8) is 0 Å². The summed E-state index contributed by atoms with van der Waals surface area (Å²) in [5.41, 5.74) is 4.78. The predicted octanol–water partition coefficient (Wildman–Crippen LogP) is 6.57. The average molecular weight is 436 g/mol. The fourth-order valence-electron chi connectivity index (χ4n) is 3.63. The molecule has 1 radical (unpaired) electrons. The van der Waals surface area contributed by atoms with Gasteiger partial charge in [0.05, 0.1) is 12.6 Å². The van der Waals surface area contributed by atoms with Crippen molar-refractivity contribution in [2.45, 2.75) is 72.3 Å². The largest absolute Gasteiger partial charge is 0.507 e. The van der Waals surface area contributed by atoms with Crippen molar-refractivity contribution in [3.8, 4) is 28.5 Å². The number of aliphatic hydroxyl groups excluding tert-OH is 1. The number of phenols is 1. The molecule has 0 saturated carbocycles. The third-order valence-electron chi connectivity index (χ3n) is 5.42. The lowest BCUT2D eigenvalue weighted by Crippen LogP contribution is -2.17. The monoisotopic (exact) mass is 435 g/mol. The molecule has 0 amide bonds. The Morgan fingerprint density at radius 2 is 1.47 bits per heavy atom. The first-order valence-electron chi connectivity index (χ1n) is 11.0. The maximum absolute atomic E-state index is 11.0. The highest BCUT2D eigenvalue weighted by atomic mass is 16.4. The molecule has 0 aliphatic heterocycles. The molecular weight excluding hydrogens is 400 g/mol. The van der Waals surface area contributed by atoms with Gasteiger partial charge in [0.1, 0.15) is 17.2 Å². The van der Waals surface area contributed by atoms with Crippen LogP contribution in [0.25, 0.3) is 22.7 Å². The number of nitrogens with one attached hydrogen (secondary N) is 1. The van der Waals surface area contributed by atoms with Gasteiger partial charge in [0, 0.05) is 27.9 Å². The molecule has 2 aromatic carbocycles. The molecule has 1 aromatic heterocycles. The highest BCUT2D eigenvalue weighted by molar-refractivity contribution is 5.69. The first kappa shape index (κ1) is 23.9. The first-order chi connectivity index (χ1) is 14.8. The van der Waals surface area contributed by atoms with Gasteiger partial charge in [-0.25, -0.2) is 4.98 Å². The molecule has 0 saturated heterocycles. The second-order valence-electron chi connectivity index (χ2n) is 10.5. The minimum Gasteiger partial charge on any atom is -0.507 e. The van der Waals surface area contributed by atoms with Gasteiger partial charge in [0.25, 0.3) is 0 Å². The molecule has 3 N–H and O–H groups in total. The Morgan fingerprint density at radius 3 is 1.94 bits per heavy atom. The van der Waals surface area contributed by atoms with Crippen molar-refractivity contribution in [2.24, 2.45) is 0 Å². The Kier molecular flexibility index (Phi) is 6.43. The minimum atomic E-state index is -0.531. The van der Waals surface area contributed by atoms with Gasteiger partial charge in [0.2, 0.25) is 5.89 Å². The molecular formula is C27H35N2O3. The Labute approximate surface area is 191 Å². The third-order valence-corrected chi connectivity index (χ3v) is 5.42. The van der Waals surface area contributed by atoms with Gasteiger partial charge in [-0.2, -0.15) is 0 Å². The lowest BCUT2D eigenvalue weighted by atomic mass is 9.78. The Balaban J connectivity index is 2.03. The van der Waals surface area contributed by atoms with E-state index in [0.717, 1.165) is 39.4 Å². The zero-order valence-corrected chi connectivity index (χ0v) is 20.4. The highest BCUT2D eigenvalue weighted by Crippen LogP contribution is 2.42. The molecule has 5 heteroatoms. The van der Waals surface area contributed by atoms with Crippen LogP contribution < -0.4 is 5.32 Å². The normalized spacial score (nSPS) is 13.3. The van der Waals surface area contributed by atoms with Crippen LogP contribution in [0.2, 0.25) is 0 Å². The van der Waals surface area contributed by atoms with Gasteiger partial charge < -0.3 is 19.9 Å². The van der Waals surface area contributed by atoms with Crippen LogP contribution in [-0.2, 0) is 10.8 Å². The van der Waals surface area contributed by atoms with Crippen molar-refractivity contribution in [3.05, 3.63) is 59.8 Å². The van der Waals surface area contributed by atoms with E-state index in [0.29, 0.717) is 11.6 Å². The lowest BCUT2D eigenvalue weighted by Gasteiger charge is -2.27. The fourth-order valence-corrected chi connectivity index (χ4v) is 3.63. The summed E-state index contributed by atoms with van der Waals surface area (Å²) >= 11 is 0. The first-order valence-corrected chi connectivity index (χ1v) is 11.0. The summed E-state index contributed by atoms with van der Waals surface area (Å²) in [5, 5.41) is 23.5. The lowest BCUT2D eigenvalue weighted by molar-refractivity contribution is 0.229. The second kappa shape index (κ2) is 8.62. The number of aromatic hydroxyl groups is 1. The minimum absolute atomic E-state index is 0.226. The second-order valence-corrected chi connectivity index (χ2v) is 10.5. The molecule has 3 rings (SSSR count). The number of hydrogen-bond donors (Lipinski definition) is 3. The number of aliphatic hydroxyl groups is 1. The summed E-state index contributed by atoms with van der Waals surface area (Å²) in [4.78, 5) is 4.81. The average Bonchev–Trinajstić information content (AvgIpc) is 3.06. The quantitative estimate of drug-likeness (QED) is 0.422. The summed E-state index contributed by atoms with van der Waals surface area (Å²) in [7, 11) is 0. The van der Waals surface area contributed by atoms with E-state index in [9.17, 15) is 10.2 Å². The van der Waals surface area contributed by atoms with E-state index in [1.54, 1.807) is 13.5 Å². The van der Waals surface area contributed by atoms with E-state index in [1.807, 2.05) is 43.3 Å². The van der Waals surface area contributed by atoms with Gasteiger partial charge in [-0.05, 0) is 48.9 Å². The SMILES string of the molecule is Cc1oc(-c2cc(C(C)(C)C)c(O)c(C(C)(C)C)c2)nc1-c1ccc(N[CH]C(C)O)cc1. The molecule has 0 bridgehead atoms. The molecule has 0 fully saturated rings. The number of aryl methyl sites for hydroxylation is 1. The number of phenolic OH excluding ortho intramolecular Hbond substituents is 1. The zero-order valence-electron chi connectivity index (χ0n) is 20.4. The molecule has 3 aromatic rings. The number of hydrogen-bond acceptors (Lipinski definition) is 5. The summed E-state index contributed by atoms with van der Waals surface area (Å²) in [6.45, 7) is 17.8. The van der Waals surface area contributed by atoms with Gasteiger partial charge in [0.15, 0.2) is 0 Å². The maximum atomic E-state index is 11.0. The third kappa shape index (κ3) is 5.16. The highest BCUT2D eigenvalue weighted by Gasteiger charge is 2.28. The van der Waals surface area contributed by atoms with Gasteiger partial charge in [-0.3, -0.25) is 0 Å². The zero-order chi connectivity index (χ0) is 23.8. The van der Waals surface area contributed by atoms with E-state index in [1.165, 1.54) is 0 Å². The molecule has 0 spiro atoms. The van der Waals surface area contributed by atoms with E-state index >= 15 is 0 Å². The number of aromatic nitrogens is 1. The van der Waals surface area contributed by atoms with E-state index in [2.05, 4.69) is 46.9 Å². The van der Waals surface area contributed by atoms with Crippen LogP contribution in [0, 0.1) is 13.5 Å². The molecule has 1 unspecified atom stereocenters. The van der Waals surface area contributed by atoms with Crippen molar-refractivity contribution >= 4 is 5.69 Å². The van der Waals surface area contributed by atoms with E-state index < -0.39 is 6.10 Å². The molecule has 0 aliphatic rings.